The minimum atomic E-state index is -3.78. The van der Waals surface area contributed by atoms with Crippen LogP contribution in [0.3, 0.4) is 0 Å². The van der Waals surface area contributed by atoms with E-state index in [-0.39, 0.29) is 47.9 Å². The van der Waals surface area contributed by atoms with Crippen molar-refractivity contribution in [2.24, 2.45) is 5.92 Å². The molecule has 0 radical (unpaired) electrons. The van der Waals surface area contributed by atoms with E-state index in [4.69, 9.17) is 9.15 Å². The molecule has 1 unspecified atom stereocenters. The normalized spacial score (nSPS) is 16.2. The predicted molar refractivity (Wildman–Crippen MR) is 122 cm³/mol. The third-order valence-corrected chi connectivity index (χ3v) is 6.96. The molecule has 1 fully saturated rings. The van der Waals surface area contributed by atoms with Gasteiger partial charge in [-0.2, -0.15) is 0 Å². The van der Waals surface area contributed by atoms with Crippen LogP contribution < -0.4 is 4.72 Å². The predicted octanol–water partition coefficient (Wildman–Crippen LogP) is 1.63. The van der Waals surface area contributed by atoms with E-state index in [0.29, 0.717) is 31.8 Å². The van der Waals surface area contributed by atoms with Gasteiger partial charge in [-0.05, 0) is 56.2 Å². The molecule has 10 nitrogen and oxygen atoms in total. The summed E-state index contributed by atoms with van der Waals surface area (Å²) in [6.07, 6.45) is 2.81. The van der Waals surface area contributed by atoms with Gasteiger partial charge in [0, 0.05) is 25.7 Å². The summed E-state index contributed by atoms with van der Waals surface area (Å²) in [5.41, 5.74) is 0.253. The Kier molecular flexibility index (Phi) is 8.46. The fourth-order valence-corrected chi connectivity index (χ4v) is 4.68. The summed E-state index contributed by atoms with van der Waals surface area (Å²) in [5.74, 6) is -0.859. The summed E-state index contributed by atoms with van der Waals surface area (Å²) in [6, 6.07) is 8.80. The Morgan fingerprint density at radius 1 is 1.21 bits per heavy atom. The molecule has 1 aromatic carbocycles. The Morgan fingerprint density at radius 3 is 2.59 bits per heavy atom. The zero-order valence-corrected chi connectivity index (χ0v) is 20.0. The Hall–Kier alpha value is -3.18. The molecule has 1 aromatic heterocycles. The molecule has 0 saturated carbocycles. The summed E-state index contributed by atoms with van der Waals surface area (Å²) >= 11 is 0. The van der Waals surface area contributed by atoms with Crippen LogP contribution in [0.1, 0.15) is 35.9 Å². The first-order valence-corrected chi connectivity index (χ1v) is 12.5. The number of hydrogen-bond donors (Lipinski definition) is 1. The number of nitrogens with zero attached hydrogens (tertiary/aromatic N) is 2. The lowest BCUT2D eigenvalue weighted by Crippen LogP contribution is -2.47. The molecule has 1 aliphatic heterocycles. The quantitative estimate of drug-likeness (QED) is 0.528. The second kappa shape index (κ2) is 11.3. The monoisotopic (exact) mass is 491 g/mol. The van der Waals surface area contributed by atoms with Crippen molar-refractivity contribution < 1.29 is 32.0 Å². The zero-order valence-electron chi connectivity index (χ0n) is 19.2. The number of amides is 2. The van der Waals surface area contributed by atoms with E-state index in [0.717, 1.165) is 0 Å². The van der Waals surface area contributed by atoms with Crippen LogP contribution in [0.4, 0.5) is 0 Å². The van der Waals surface area contributed by atoms with Crippen molar-refractivity contribution in [2.45, 2.75) is 31.2 Å². The molecular formula is C23H29N3O7S. The van der Waals surface area contributed by atoms with E-state index >= 15 is 0 Å². The van der Waals surface area contributed by atoms with Crippen molar-refractivity contribution in [3.63, 3.8) is 0 Å². The first-order chi connectivity index (χ1) is 16.2. The maximum Gasteiger partial charge on any atom is 0.310 e. The van der Waals surface area contributed by atoms with Gasteiger partial charge in [-0.1, -0.05) is 0 Å². The minimum absolute atomic E-state index is 0.00709. The van der Waals surface area contributed by atoms with Crippen LogP contribution in [0, 0.1) is 5.92 Å². The maximum atomic E-state index is 12.8. The highest BCUT2D eigenvalue weighted by molar-refractivity contribution is 7.89. The largest absolute Gasteiger partial charge is 0.468 e. The van der Waals surface area contributed by atoms with Gasteiger partial charge in [0.1, 0.15) is 5.76 Å². The number of rotatable bonds is 9. The molecule has 1 saturated heterocycles. The van der Waals surface area contributed by atoms with Gasteiger partial charge in [0.25, 0.3) is 5.91 Å². The summed E-state index contributed by atoms with van der Waals surface area (Å²) in [5, 5.41) is 0. The number of carbonyl (C=O) groups excluding carboxylic acids is 3. The average molecular weight is 492 g/mol. The summed E-state index contributed by atoms with van der Waals surface area (Å²) < 4.78 is 37.5. The first-order valence-electron chi connectivity index (χ1n) is 11.0. The molecule has 0 spiro atoms. The van der Waals surface area contributed by atoms with Crippen molar-refractivity contribution >= 4 is 27.8 Å². The van der Waals surface area contributed by atoms with Gasteiger partial charge in [-0.3, -0.25) is 14.4 Å². The smallest absolute Gasteiger partial charge is 0.310 e. The number of nitrogens with one attached hydrogen (secondary N) is 1. The average Bonchev–Trinajstić information content (AvgIpc) is 3.36. The molecule has 11 heteroatoms. The van der Waals surface area contributed by atoms with E-state index in [1.165, 1.54) is 42.5 Å². The molecule has 2 heterocycles. The van der Waals surface area contributed by atoms with Crippen LogP contribution in [0.5, 0.6) is 0 Å². The summed E-state index contributed by atoms with van der Waals surface area (Å²) in [6.45, 7) is 2.68. The molecule has 0 bridgehead atoms. The van der Waals surface area contributed by atoms with Crippen LogP contribution in [0.25, 0.3) is 0 Å². The van der Waals surface area contributed by atoms with Crippen molar-refractivity contribution in [1.29, 1.82) is 0 Å². The molecule has 2 aromatic rings. The van der Waals surface area contributed by atoms with Crippen molar-refractivity contribution in [1.82, 2.24) is 14.5 Å². The molecule has 34 heavy (non-hydrogen) atoms. The van der Waals surface area contributed by atoms with E-state index in [1.54, 1.807) is 24.0 Å². The van der Waals surface area contributed by atoms with Gasteiger partial charge in [-0.15, -0.1) is 0 Å². The summed E-state index contributed by atoms with van der Waals surface area (Å²) in [7, 11) is -2.28. The molecule has 2 amide bonds. The Balaban J connectivity index is 1.56. The van der Waals surface area contributed by atoms with E-state index in [1.807, 2.05) is 0 Å². The molecule has 1 N–H and O–H groups in total. The SMILES string of the molecule is CCOC(=O)C1CCCN(C(=O)CN(C)C(=O)c2ccc(S(=O)(=O)NCc3ccco3)cc2)C1. The number of furan rings is 1. The third kappa shape index (κ3) is 6.45. The number of hydrogen-bond acceptors (Lipinski definition) is 7. The number of benzene rings is 1. The molecule has 0 aliphatic carbocycles. The van der Waals surface area contributed by atoms with Crippen molar-refractivity contribution in [3.05, 3.63) is 54.0 Å². The van der Waals surface area contributed by atoms with E-state index < -0.39 is 15.9 Å². The van der Waals surface area contributed by atoms with Gasteiger partial charge in [0.15, 0.2) is 0 Å². The highest BCUT2D eigenvalue weighted by atomic mass is 32.2. The van der Waals surface area contributed by atoms with Crippen LogP contribution in [-0.4, -0.2) is 69.3 Å². The lowest BCUT2D eigenvalue weighted by Gasteiger charge is -2.32. The van der Waals surface area contributed by atoms with Crippen molar-refractivity contribution in [2.75, 3.05) is 33.3 Å². The number of ether oxygens (including phenoxy) is 1. The standard InChI is InChI=1S/C23H29N3O7S/c1-3-32-23(29)18-6-4-12-26(15-18)21(27)16-25(2)22(28)17-8-10-20(11-9-17)34(30,31)24-14-19-7-5-13-33-19/h5,7-11,13,18,24H,3-4,6,12,14-16H2,1-2H3. The van der Waals surface area contributed by atoms with Gasteiger partial charge in [0.05, 0.1) is 36.8 Å². The minimum Gasteiger partial charge on any atom is -0.468 e. The molecule has 3 rings (SSSR count). The molecule has 1 atom stereocenters. The Morgan fingerprint density at radius 2 is 1.94 bits per heavy atom. The highest BCUT2D eigenvalue weighted by Crippen LogP contribution is 2.19. The lowest BCUT2D eigenvalue weighted by molar-refractivity contribution is -0.151. The summed E-state index contributed by atoms with van der Waals surface area (Å²) in [4.78, 5) is 40.3. The second-order valence-electron chi connectivity index (χ2n) is 8.02. The van der Waals surface area contributed by atoms with Crippen molar-refractivity contribution in [3.8, 4) is 0 Å². The number of likely N-dealkylation sites (tertiary alicyclic amines) is 1. The highest BCUT2D eigenvalue weighted by Gasteiger charge is 2.30. The fraction of sp³-hybridized carbons (Fsp3) is 0.435. The maximum absolute atomic E-state index is 12.8. The second-order valence-corrected chi connectivity index (χ2v) is 9.79. The Labute approximate surface area is 198 Å². The van der Waals surface area contributed by atoms with Gasteiger partial charge in [-0.25, -0.2) is 13.1 Å². The van der Waals surface area contributed by atoms with Gasteiger partial charge >= 0.3 is 5.97 Å². The number of esters is 1. The third-order valence-electron chi connectivity index (χ3n) is 5.54. The number of sulfonamides is 1. The van der Waals surface area contributed by atoms with Gasteiger partial charge in [0.2, 0.25) is 15.9 Å². The molecule has 1 aliphatic rings. The Bertz CT molecular complexity index is 1100. The number of piperidine rings is 1. The first kappa shape index (κ1) is 25.4. The number of likely N-dealkylation sites (N-methyl/N-ethyl adjacent to an activating group) is 1. The van der Waals surface area contributed by atoms with Crippen LogP contribution in [-0.2, 0) is 30.9 Å². The topological polar surface area (TPSA) is 126 Å². The lowest BCUT2D eigenvalue weighted by atomic mass is 9.98. The number of carbonyl (C=O) groups is 3. The van der Waals surface area contributed by atoms with Crippen LogP contribution in [0.15, 0.2) is 52.0 Å². The fourth-order valence-electron chi connectivity index (χ4n) is 3.69. The van der Waals surface area contributed by atoms with E-state index in [2.05, 4.69) is 4.72 Å². The van der Waals surface area contributed by atoms with Gasteiger partial charge < -0.3 is 19.0 Å². The van der Waals surface area contributed by atoms with E-state index in [9.17, 15) is 22.8 Å². The van der Waals surface area contributed by atoms with Crippen LogP contribution >= 0.6 is 0 Å². The molecular weight excluding hydrogens is 462 g/mol. The zero-order chi connectivity index (χ0) is 24.7. The molecule has 184 valence electrons. The van der Waals surface area contributed by atoms with Crippen LogP contribution in [0.2, 0.25) is 0 Å².